The van der Waals surface area contributed by atoms with E-state index in [0.717, 1.165) is 24.5 Å². The van der Waals surface area contributed by atoms with Crippen LogP contribution in [-0.4, -0.2) is 70.4 Å². The molecule has 1 saturated heterocycles. The maximum absolute atomic E-state index is 12.6. The average molecular weight is 340 g/mol. The lowest BCUT2D eigenvalue weighted by Gasteiger charge is -2.36. The van der Waals surface area contributed by atoms with Crippen LogP contribution >= 0.6 is 0 Å². The fourth-order valence-electron chi connectivity index (χ4n) is 2.97. The number of aromatic nitrogens is 3. The number of hydrogen-bond acceptors (Lipinski definition) is 6. The van der Waals surface area contributed by atoms with Crippen LogP contribution in [0.25, 0.3) is 0 Å². The van der Waals surface area contributed by atoms with Crippen molar-refractivity contribution in [3.8, 4) is 0 Å². The fourth-order valence-corrected chi connectivity index (χ4v) is 2.97. The second-order valence-electron chi connectivity index (χ2n) is 6.31. The van der Waals surface area contributed by atoms with Gasteiger partial charge in [0.25, 0.3) is 0 Å². The summed E-state index contributed by atoms with van der Waals surface area (Å²) in [5.41, 5.74) is 1.12. The molecule has 2 aromatic heterocycles. The zero-order valence-corrected chi connectivity index (χ0v) is 14.7. The monoisotopic (exact) mass is 340 g/mol. The maximum Gasteiger partial charge on any atom is 0.236 e. The summed E-state index contributed by atoms with van der Waals surface area (Å²) in [7, 11) is 1.98. The normalized spacial score (nSPS) is 16.1. The molecule has 1 amide bonds. The Hall–Kier alpha value is -2.54. The maximum atomic E-state index is 12.6. The van der Waals surface area contributed by atoms with Crippen LogP contribution in [0.5, 0.6) is 0 Å². The highest BCUT2D eigenvalue weighted by molar-refractivity contribution is 5.78. The second kappa shape index (κ2) is 8.02. The van der Waals surface area contributed by atoms with Crippen molar-refractivity contribution in [2.45, 2.75) is 13.0 Å². The zero-order chi connectivity index (χ0) is 17.6. The van der Waals surface area contributed by atoms with Gasteiger partial charge in [-0.25, -0.2) is 4.98 Å². The Morgan fingerprint density at radius 3 is 2.56 bits per heavy atom. The third kappa shape index (κ3) is 4.30. The number of nitrogens with zero attached hydrogens (tertiary/aromatic N) is 6. The molecule has 0 saturated carbocycles. The fraction of sp³-hybridized carbons (Fsp3) is 0.444. The summed E-state index contributed by atoms with van der Waals surface area (Å²) in [5, 5.41) is 0. The smallest absolute Gasteiger partial charge is 0.236 e. The molecule has 1 atom stereocenters. The van der Waals surface area contributed by atoms with E-state index in [1.54, 1.807) is 24.8 Å². The van der Waals surface area contributed by atoms with Crippen molar-refractivity contribution in [2.75, 3.05) is 44.7 Å². The van der Waals surface area contributed by atoms with E-state index in [9.17, 15) is 4.79 Å². The Bertz CT molecular complexity index is 672. The molecule has 3 heterocycles. The number of hydrogen-bond donors (Lipinski definition) is 0. The molecule has 3 rings (SSSR count). The summed E-state index contributed by atoms with van der Waals surface area (Å²) >= 11 is 0. The summed E-state index contributed by atoms with van der Waals surface area (Å²) in [6.45, 7) is 5.49. The summed E-state index contributed by atoms with van der Waals surface area (Å²) in [4.78, 5) is 31.4. The number of amides is 1. The van der Waals surface area contributed by atoms with Crippen LogP contribution in [0.2, 0.25) is 0 Å². The molecule has 2 aromatic rings. The lowest BCUT2D eigenvalue weighted by Crippen LogP contribution is -2.51. The van der Waals surface area contributed by atoms with E-state index in [2.05, 4.69) is 31.7 Å². The first kappa shape index (κ1) is 17.3. The highest BCUT2D eigenvalue weighted by Crippen LogP contribution is 2.18. The summed E-state index contributed by atoms with van der Waals surface area (Å²) < 4.78 is 0. The highest BCUT2D eigenvalue weighted by Gasteiger charge is 2.24. The molecule has 1 aliphatic heterocycles. The summed E-state index contributed by atoms with van der Waals surface area (Å²) in [6.07, 6.45) is 8.74. The molecular weight excluding hydrogens is 316 g/mol. The molecule has 132 valence electrons. The Balaban J connectivity index is 1.51. The Labute approximate surface area is 148 Å². The van der Waals surface area contributed by atoms with Crippen molar-refractivity contribution in [1.82, 2.24) is 24.8 Å². The number of piperazine rings is 1. The molecule has 0 spiro atoms. The molecule has 7 nitrogen and oxygen atoms in total. The first-order chi connectivity index (χ1) is 12.1. The summed E-state index contributed by atoms with van der Waals surface area (Å²) in [5.74, 6) is 1.04. The standard InChI is InChI=1S/C18H24N6O/c1-15(16-4-3-5-19-12-16)22(2)14-18(25)24-10-8-23(9-11-24)17-13-20-6-7-21-17/h3-7,12-13,15H,8-11,14H2,1-2H3/t15-/m1/s1. The van der Waals surface area contributed by atoms with Crippen molar-refractivity contribution in [3.63, 3.8) is 0 Å². The predicted molar refractivity (Wildman–Crippen MR) is 96.1 cm³/mol. The Kier molecular flexibility index (Phi) is 5.55. The van der Waals surface area contributed by atoms with Crippen LogP contribution in [0.15, 0.2) is 43.1 Å². The lowest BCUT2D eigenvalue weighted by molar-refractivity contribution is -0.132. The Morgan fingerprint density at radius 1 is 1.16 bits per heavy atom. The molecule has 0 radical (unpaired) electrons. The molecule has 0 aromatic carbocycles. The number of carbonyl (C=O) groups is 1. The van der Waals surface area contributed by atoms with E-state index in [1.807, 2.05) is 30.3 Å². The highest BCUT2D eigenvalue weighted by atomic mass is 16.2. The first-order valence-electron chi connectivity index (χ1n) is 8.54. The van der Waals surface area contributed by atoms with E-state index in [0.29, 0.717) is 19.6 Å². The number of pyridine rings is 1. The predicted octanol–water partition coefficient (Wildman–Crippen LogP) is 1.21. The van der Waals surface area contributed by atoms with E-state index in [4.69, 9.17) is 0 Å². The number of carbonyl (C=O) groups excluding carboxylic acids is 1. The zero-order valence-electron chi connectivity index (χ0n) is 14.7. The van der Waals surface area contributed by atoms with E-state index in [1.165, 1.54) is 0 Å². The van der Waals surface area contributed by atoms with Gasteiger partial charge >= 0.3 is 0 Å². The van der Waals surface area contributed by atoms with Crippen LogP contribution in [0.4, 0.5) is 5.82 Å². The van der Waals surface area contributed by atoms with Crippen molar-refractivity contribution in [1.29, 1.82) is 0 Å². The Morgan fingerprint density at radius 2 is 1.92 bits per heavy atom. The van der Waals surface area contributed by atoms with Crippen LogP contribution < -0.4 is 4.90 Å². The molecule has 1 fully saturated rings. The van der Waals surface area contributed by atoms with Gasteiger partial charge in [0.05, 0.1) is 12.7 Å². The van der Waals surface area contributed by atoms with Crippen molar-refractivity contribution >= 4 is 11.7 Å². The van der Waals surface area contributed by atoms with E-state index in [-0.39, 0.29) is 11.9 Å². The SMILES string of the molecule is C[C@H](c1cccnc1)N(C)CC(=O)N1CCN(c2cnccn2)CC1. The van der Waals surface area contributed by atoms with Gasteiger partial charge in [-0.1, -0.05) is 6.07 Å². The number of anilines is 1. The second-order valence-corrected chi connectivity index (χ2v) is 6.31. The minimum Gasteiger partial charge on any atom is -0.352 e. The van der Waals surface area contributed by atoms with Crippen LogP contribution in [0.3, 0.4) is 0 Å². The minimum absolute atomic E-state index is 0.151. The van der Waals surface area contributed by atoms with Crippen molar-refractivity contribution in [3.05, 3.63) is 48.7 Å². The van der Waals surface area contributed by atoms with Gasteiger partial charge in [0.2, 0.25) is 5.91 Å². The third-order valence-corrected chi connectivity index (χ3v) is 4.72. The van der Waals surface area contributed by atoms with Gasteiger partial charge in [-0.15, -0.1) is 0 Å². The lowest BCUT2D eigenvalue weighted by atomic mass is 10.1. The number of rotatable bonds is 5. The van der Waals surface area contributed by atoms with Crippen molar-refractivity contribution < 1.29 is 4.79 Å². The molecule has 0 aliphatic carbocycles. The van der Waals surface area contributed by atoms with Gasteiger partial charge in [-0.05, 0) is 25.6 Å². The molecule has 1 aliphatic rings. The van der Waals surface area contributed by atoms with Crippen LogP contribution in [0, 0.1) is 0 Å². The molecule has 7 heteroatoms. The largest absolute Gasteiger partial charge is 0.352 e. The molecule has 25 heavy (non-hydrogen) atoms. The topological polar surface area (TPSA) is 65.5 Å². The van der Waals surface area contributed by atoms with E-state index >= 15 is 0 Å². The minimum atomic E-state index is 0.151. The van der Waals surface area contributed by atoms with Crippen LogP contribution in [0.1, 0.15) is 18.5 Å². The molecular formula is C18H24N6O. The van der Waals surface area contributed by atoms with E-state index < -0.39 is 0 Å². The number of likely N-dealkylation sites (N-methyl/N-ethyl adjacent to an activating group) is 1. The van der Waals surface area contributed by atoms with Gasteiger partial charge in [0.15, 0.2) is 0 Å². The molecule has 0 unspecified atom stereocenters. The quantitative estimate of drug-likeness (QED) is 0.815. The van der Waals surface area contributed by atoms with Gasteiger partial charge in [0.1, 0.15) is 5.82 Å². The van der Waals surface area contributed by atoms with Gasteiger partial charge in [-0.2, -0.15) is 0 Å². The van der Waals surface area contributed by atoms with Crippen LogP contribution in [-0.2, 0) is 4.79 Å². The first-order valence-corrected chi connectivity index (χ1v) is 8.54. The third-order valence-electron chi connectivity index (χ3n) is 4.72. The van der Waals surface area contributed by atoms with Gasteiger partial charge in [0, 0.05) is 57.0 Å². The molecule has 0 bridgehead atoms. The van der Waals surface area contributed by atoms with Gasteiger partial charge < -0.3 is 9.80 Å². The van der Waals surface area contributed by atoms with Gasteiger partial charge in [-0.3, -0.25) is 19.7 Å². The molecule has 0 N–H and O–H groups in total. The average Bonchev–Trinajstić information content (AvgIpc) is 2.68. The van der Waals surface area contributed by atoms with Crippen molar-refractivity contribution in [2.24, 2.45) is 0 Å². The summed E-state index contributed by atoms with van der Waals surface area (Å²) in [6, 6.07) is 4.12.